The van der Waals surface area contributed by atoms with Gasteiger partial charge < -0.3 is 45.2 Å². The minimum atomic E-state index is -0.583. The summed E-state index contributed by atoms with van der Waals surface area (Å²) in [7, 11) is 2.91. The van der Waals surface area contributed by atoms with Crippen LogP contribution in [0, 0.1) is 11.8 Å². The van der Waals surface area contributed by atoms with Gasteiger partial charge in [0.05, 0.1) is 32.8 Å². The Kier molecular flexibility index (Phi) is 7.99. The highest BCUT2D eigenvalue weighted by Crippen LogP contribution is 2.55. The van der Waals surface area contributed by atoms with Crippen molar-refractivity contribution in [3.8, 4) is 28.7 Å². The third-order valence-electron chi connectivity index (χ3n) is 7.68. The fraction of sp³-hybridized carbons (Fsp3) is 0.500. The fourth-order valence-corrected chi connectivity index (χ4v) is 5.81. The summed E-state index contributed by atoms with van der Waals surface area (Å²) in [6.07, 6.45) is 1.91. The van der Waals surface area contributed by atoms with Gasteiger partial charge in [-0.1, -0.05) is 0 Å². The molecule has 2 aromatic carbocycles. The Balaban J connectivity index is 1.51. The maximum Gasteiger partial charge on any atom is 0.310 e. The van der Waals surface area contributed by atoms with E-state index in [0.29, 0.717) is 43.0 Å². The average molecular weight is 542 g/mol. The zero-order chi connectivity index (χ0) is 27.5. The number of cyclic esters (lactones) is 1. The second-order valence-corrected chi connectivity index (χ2v) is 9.95. The number of methoxy groups -OCH3 is 2. The van der Waals surface area contributed by atoms with Crippen LogP contribution in [-0.4, -0.2) is 64.2 Å². The first-order valence-electron chi connectivity index (χ1n) is 13.2. The van der Waals surface area contributed by atoms with Crippen molar-refractivity contribution in [1.82, 2.24) is 10.6 Å². The minimum absolute atomic E-state index is 0.0901. The molecular formula is C28H35N3O8. The van der Waals surface area contributed by atoms with Crippen LogP contribution in [0.1, 0.15) is 47.9 Å². The van der Waals surface area contributed by atoms with E-state index >= 15 is 0 Å². The molecule has 2 heterocycles. The molecule has 2 aromatic rings. The molecule has 0 aromatic heterocycles. The standard InChI is InChI=1S/C28H35N3O8/c1-35-21-9-15(10-22(36-2)27(21)33)24-16-11-19-20(39-14-38-19)12-17(16)26(18-13-37-28(34)25(18)24)31-23(32)5-3-7-30-8-4-6-29/h9-12,18,24-26,30,33H,3-8,13-14,29H2,1-2H3,(H,31,32)/t18-,24?,25-,26+/m0/s1. The molecule has 4 atom stereocenters. The number of phenols is 1. The highest BCUT2D eigenvalue weighted by Gasteiger charge is 2.53. The van der Waals surface area contributed by atoms with Crippen LogP contribution in [0.5, 0.6) is 28.7 Å². The van der Waals surface area contributed by atoms with Crippen LogP contribution >= 0.6 is 0 Å². The summed E-state index contributed by atoms with van der Waals surface area (Å²) < 4.78 is 27.7. The summed E-state index contributed by atoms with van der Waals surface area (Å²) in [6.45, 7) is 2.42. The molecule has 0 bridgehead atoms. The molecule has 11 heteroatoms. The summed E-state index contributed by atoms with van der Waals surface area (Å²) in [5.74, 6) is -0.328. The quantitative estimate of drug-likeness (QED) is 0.245. The first-order chi connectivity index (χ1) is 19.0. The van der Waals surface area contributed by atoms with Gasteiger partial charge in [0.1, 0.15) is 0 Å². The van der Waals surface area contributed by atoms with Crippen LogP contribution in [0.2, 0.25) is 0 Å². The second kappa shape index (κ2) is 11.6. The normalized spacial score (nSPS) is 22.6. The highest BCUT2D eigenvalue weighted by molar-refractivity contribution is 5.81. The van der Waals surface area contributed by atoms with Gasteiger partial charge >= 0.3 is 5.97 Å². The number of nitrogens with two attached hydrogens (primary N) is 1. The number of rotatable bonds is 11. The molecule has 0 radical (unpaired) electrons. The molecule has 0 saturated carbocycles. The molecule has 3 aliphatic rings. The van der Waals surface area contributed by atoms with E-state index in [1.165, 1.54) is 14.2 Å². The number of fused-ring (bicyclic) bond motifs is 3. The van der Waals surface area contributed by atoms with Gasteiger partial charge in [0.15, 0.2) is 23.0 Å². The number of aromatic hydroxyl groups is 1. The third-order valence-corrected chi connectivity index (χ3v) is 7.68. The van der Waals surface area contributed by atoms with Crippen LogP contribution in [0.25, 0.3) is 0 Å². The molecule has 5 rings (SSSR count). The lowest BCUT2D eigenvalue weighted by molar-refractivity contribution is -0.141. The number of amides is 1. The van der Waals surface area contributed by atoms with Crippen molar-refractivity contribution >= 4 is 11.9 Å². The van der Waals surface area contributed by atoms with Gasteiger partial charge in [0, 0.05) is 18.3 Å². The third kappa shape index (κ3) is 5.16. The molecule has 5 N–H and O–H groups in total. The summed E-state index contributed by atoms with van der Waals surface area (Å²) >= 11 is 0. The number of hydrogen-bond donors (Lipinski definition) is 4. The van der Waals surface area contributed by atoms with Crippen LogP contribution in [-0.2, 0) is 14.3 Å². The van der Waals surface area contributed by atoms with Gasteiger partial charge in [-0.05, 0) is 73.4 Å². The van der Waals surface area contributed by atoms with Gasteiger partial charge in [-0.2, -0.15) is 0 Å². The van der Waals surface area contributed by atoms with Crippen molar-refractivity contribution in [3.63, 3.8) is 0 Å². The zero-order valence-electron chi connectivity index (χ0n) is 22.2. The predicted molar refractivity (Wildman–Crippen MR) is 140 cm³/mol. The maximum absolute atomic E-state index is 13.2. The van der Waals surface area contributed by atoms with Crippen LogP contribution in [0.15, 0.2) is 24.3 Å². The van der Waals surface area contributed by atoms with Crippen LogP contribution in [0.3, 0.4) is 0 Å². The maximum atomic E-state index is 13.2. The van der Waals surface area contributed by atoms with E-state index in [9.17, 15) is 14.7 Å². The van der Waals surface area contributed by atoms with Gasteiger partial charge in [0.2, 0.25) is 18.4 Å². The topological polar surface area (TPSA) is 151 Å². The lowest BCUT2D eigenvalue weighted by atomic mass is 9.65. The first kappa shape index (κ1) is 26.9. The monoisotopic (exact) mass is 541 g/mol. The molecule has 1 amide bonds. The Hall–Kier alpha value is -3.70. The molecule has 1 saturated heterocycles. The molecular weight excluding hydrogens is 506 g/mol. The molecule has 2 aliphatic heterocycles. The molecule has 39 heavy (non-hydrogen) atoms. The van der Waals surface area contributed by atoms with Crippen LogP contribution in [0.4, 0.5) is 0 Å². The molecule has 210 valence electrons. The van der Waals surface area contributed by atoms with Crippen molar-refractivity contribution in [2.75, 3.05) is 47.3 Å². The van der Waals surface area contributed by atoms with Gasteiger partial charge in [0.25, 0.3) is 0 Å². The van der Waals surface area contributed by atoms with Crippen molar-refractivity contribution < 1.29 is 38.4 Å². The Morgan fingerprint density at radius 1 is 1.03 bits per heavy atom. The van der Waals surface area contributed by atoms with Crippen molar-refractivity contribution in [2.24, 2.45) is 17.6 Å². The summed E-state index contributed by atoms with van der Waals surface area (Å²) in [6, 6.07) is 6.71. The Morgan fingerprint density at radius 2 is 1.69 bits per heavy atom. The summed E-state index contributed by atoms with van der Waals surface area (Å²) in [5.41, 5.74) is 7.88. The van der Waals surface area contributed by atoms with Crippen molar-refractivity contribution in [3.05, 3.63) is 41.0 Å². The minimum Gasteiger partial charge on any atom is -0.502 e. The summed E-state index contributed by atoms with van der Waals surface area (Å²) in [4.78, 5) is 26.3. The molecule has 0 spiro atoms. The Bertz CT molecular complexity index is 1210. The van der Waals surface area contributed by atoms with Gasteiger partial charge in [-0.25, -0.2) is 0 Å². The second-order valence-electron chi connectivity index (χ2n) is 9.95. The lowest BCUT2D eigenvalue weighted by Crippen LogP contribution is -2.42. The molecule has 11 nitrogen and oxygen atoms in total. The van der Waals surface area contributed by atoms with Gasteiger partial charge in [-0.3, -0.25) is 9.59 Å². The van der Waals surface area contributed by atoms with E-state index in [4.69, 9.17) is 29.4 Å². The molecule has 1 fully saturated rings. The van der Waals surface area contributed by atoms with E-state index < -0.39 is 17.9 Å². The molecule has 1 unspecified atom stereocenters. The van der Waals surface area contributed by atoms with E-state index in [1.54, 1.807) is 12.1 Å². The van der Waals surface area contributed by atoms with E-state index in [1.807, 2.05) is 12.1 Å². The van der Waals surface area contributed by atoms with E-state index in [2.05, 4.69) is 10.6 Å². The first-order valence-corrected chi connectivity index (χ1v) is 13.2. The number of carbonyl (C=O) groups excluding carboxylic acids is 2. The van der Waals surface area contributed by atoms with E-state index in [0.717, 1.165) is 24.1 Å². The SMILES string of the molecule is COc1cc(C2c3cc4c(cc3[C@@H](NC(=O)CCCNCCCN)[C@H]3COC(=O)[C@H]23)OCO4)cc(OC)c1O. The zero-order valence-corrected chi connectivity index (χ0v) is 22.2. The lowest BCUT2D eigenvalue weighted by Gasteiger charge is -2.39. The number of hydrogen-bond acceptors (Lipinski definition) is 10. The Morgan fingerprint density at radius 3 is 2.36 bits per heavy atom. The number of benzene rings is 2. The number of ether oxygens (including phenoxy) is 5. The average Bonchev–Trinajstić information content (AvgIpc) is 3.56. The van der Waals surface area contributed by atoms with Crippen molar-refractivity contribution in [2.45, 2.75) is 31.2 Å². The number of carbonyl (C=O) groups is 2. The number of phenolic OH excluding ortho intramolecular Hbond substituents is 1. The van der Waals surface area contributed by atoms with Gasteiger partial charge in [-0.15, -0.1) is 0 Å². The smallest absolute Gasteiger partial charge is 0.310 e. The highest BCUT2D eigenvalue weighted by atomic mass is 16.7. The largest absolute Gasteiger partial charge is 0.502 e. The number of nitrogens with one attached hydrogen (secondary N) is 2. The number of esters is 1. The fourth-order valence-electron chi connectivity index (χ4n) is 5.81. The molecule has 1 aliphatic carbocycles. The van der Waals surface area contributed by atoms with E-state index in [-0.39, 0.29) is 48.4 Å². The van der Waals surface area contributed by atoms with Crippen LogP contribution < -0.4 is 35.3 Å². The predicted octanol–water partition coefficient (Wildman–Crippen LogP) is 1.95. The Labute approximate surface area is 226 Å². The van der Waals surface area contributed by atoms with Crippen molar-refractivity contribution in [1.29, 1.82) is 0 Å². The summed E-state index contributed by atoms with van der Waals surface area (Å²) in [5, 5.41) is 17.0.